The summed E-state index contributed by atoms with van der Waals surface area (Å²) in [6.07, 6.45) is 2.42. The van der Waals surface area contributed by atoms with Crippen LogP contribution in [0.15, 0.2) is 5.38 Å². The van der Waals surface area contributed by atoms with Crippen molar-refractivity contribution < 1.29 is 9.84 Å². The summed E-state index contributed by atoms with van der Waals surface area (Å²) in [4.78, 5) is 7.06. The monoisotopic (exact) mass is 284 g/mol. The van der Waals surface area contributed by atoms with Crippen LogP contribution in [0.1, 0.15) is 43.5 Å². The van der Waals surface area contributed by atoms with Gasteiger partial charge in [0.1, 0.15) is 11.1 Å². The van der Waals surface area contributed by atoms with E-state index in [4.69, 9.17) is 4.74 Å². The van der Waals surface area contributed by atoms with E-state index in [2.05, 4.69) is 22.2 Å². The van der Waals surface area contributed by atoms with Crippen molar-refractivity contribution in [3.05, 3.63) is 16.1 Å². The van der Waals surface area contributed by atoms with Crippen molar-refractivity contribution in [3.8, 4) is 0 Å². The highest BCUT2D eigenvalue weighted by Crippen LogP contribution is 2.23. The number of aliphatic hydroxyl groups is 1. The van der Waals surface area contributed by atoms with E-state index in [9.17, 15) is 5.11 Å². The fraction of sp³-hybridized carbons (Fsp3) is 0.786. The van der Waals surface area contributed by atoms with E-state index in [0.717, 1.165) is 43.4 Å². The Morgan fingerprint density at radius 2 is 2.47 bits per heavy atom. The van der Waals surface area contributed by atoms with E-state index in [0.29, 0.717) is 12.5 Å². The van der Waals surface area contributed by atoms with Crippen LogP contribution < -0.4 is 0 Å². The molecule has 2 rings (SSSR count). The molecule has 0 amide bonds. The van der Waals surface area contributed by atoms with Crippen LogP contribution in [0.25, 0.3) is 0 Å². The average Bonchev–Trinajstić information content (AvgIpc) is 2.88. The molecule has 0 bridgehead atoms. The second kappa shape index (κ2) is 7.33. The lowest BCUT2D eigenvalue weighted by atomic mass is 9.99. The molecule has 108 valence electrons. The van der Waals surface area contributed by atoms with Gasteiger partial charge in [0.15, 0.2) is 0 Å². The topological polar surface area (TPSA) is 45.6 Å². The number of piperidine rings is 1. The second-order valence-electron chi connectivity index (χ2n) is 5.20. The van der Waals surface area contributed by atoms with Crippen LogP contribution in [-0.4, -0.2) is 41.3 Å². The average molecular weight is 284 g/mol. The van der Waals surface area contributed by atoms with Gasteiger partial charge in [0, 0.05) is 31.7 Å². The highest BCUT2D eigenvalue weighted by molar-refractivity contribution is 7.09. The van der Waals surface area contributed by atoms with Gasteiger partial charge in [0.2, 0.25) is 0 Å². The summed E-state index contributed by atoms with van der Waals surface area (Å²) in [5.41, 5.74) is 1.13. The molecule has 1 saturated heterocycles. The molecule has 1 aromatic heterocycles. The molecule has 0 aromatic carbocycles. The quantitative estimate of drug-likeness (QED) is 0.871. The minimum Gasteiger partial charge on any atom is -0.396 e. The van der Waals surface area contributed by atoms with Gasteiger partial charge in [-0.1, -0.05) is 0 Å². The fourth-order valence-corrected chi connectivity index (χ4v) is 3.39. The number of hydrogen-bond donors (Lipinski definition) is 1. The van der Waals surface area contributed by atoms with Gasteiger partial charge in [-0.3, -0.25) is 4.90 Å². The Morgan fingerprint density at radius 3 is 3.21 bits per heavy atom. The number of ether oxygens (including phenoxy) is 1. The van der Waals surface area contributed by atoms with Crippen molar-refractivity contribution in [1.29, 1.82) is 0 Å². The highest BCUT2D eigenvalue weighted by Gasteiger charge is 2.20. The fourth-order valence-electron chi connectivity index (χ4n) is 2.58. The Bertz CT molecular complexity index is 383. The molecule has 0 radical (unpaired) electrons. The third-order valence-electron chi connectivity index (χ3n) is 3.58. The number of aromatic nitrogens is 1. The van der Waals surface area contributed by atoms with Crippen molar-refractivity contribution in [2.24, 2.45) is 5.92 Å². The SMILES string of the molecule is CCOC(C)c1nc(CN2CCCC(CO)C2)cs1. The molecule has 0 saturated carbocycles. The Kier molecular flexibility index (Phi) is 5.76. The Balaban J connectivity index is 1.88. The first-order chi connectivity index (χ1) is 9.22. The first kappa shape index (κ1) is 14.9. The normalized spacial score (nSPS) is 22.6. The number of hydrogen-bond acceptors (Lipinski definition) is 5. The van der Waals surface area contributed by atoms with E-state index in [1.807, 2.05) is 6.92 Å². The van der Waals surface area contributed by atoms with Crippen LogP contribution in [0.2, 0.25) is 0 Å². The largest absolute Gasteiger partial charge is 0.396 e. The van der Waals surface area contributed by atoms with E-state index in [1.165, 1.54) is 6.42 Å². The van der Waals surface area contributed by atoms with Crippen LogP contribution in [-0.2, 0) is 11.3 Å². The molecule has 1 aliphatic heterocycles. The zero-order valence-corrected chi connectivity index (χ0v) is 12.7. The first-order valence-electron chi connectivity index (χ1n) is 7.12. The van der Waals surface area contributed by atoms with Gasteiger partial charge in [-0.05, 0) is 39.2 Å². The minimum atomic E-state index is 0.0929. The zero-order chi connectivity index (χ0) is 13.7. The maximum atomic E-state index is 9.25. The van der Waals surface area contributed by atoms with Crippen molar-refractivity contribution in [2.75, 3.05) is 26.3 Å². The van der Waals surface area contributed by atoms with E-state index in [-0.39, 0.29) is 6.10 Å². The van der Waals surface area contributed by atoms with Crippen molar-refractivity contribution in [1.82, 2.24) is 9.88 Å². The molecule has 2 heterocycles. The third kappa shape index (κ3) is 4.24. The lowest BCUT2D eigenvalue weighted by Crippen LogP contribution is -2.36. The van der Waals surface area contributed by atoms with Crippen molar-refractivity contribution in [2.45, 2.75) is 39.3 Å². The summed E-state index contributed by atoms with van der Waals surface area (Å²) in [6.45, 7) is 8.09. The van der Waals surface area contributed by atoms with Gasteiger partial charge in [-0.2, -0.15) is 0 Å². The summed E-state index contributed by atoms with van der Waals surface area (Å²) >= 11 is 1.68. The summed E-state index contributed by atoms with van der Waals surface area (Å²) in [6, 6.07) is 0. The van der Waals surface area contributed by atoms with Crippen LogP contribution in [0, 0.1) is 5.92 Å². The Morgan fingerprint density at radius 1 is 1.63 bits per heavy atom. The molecule has 1 N–H and O–H groups in total. The van der Waals surface area contributed by atoms with Crippen LogP contribution in [0.3, 0.4) is 0 Å². The molecule has 4 nitrogen and oxygen atoms in total. The summed E-state index contributed by atoms with van der Waals surface area (Å²) < 4.78 is 5.57. The Hall–Kier alpha value is -0.490. The third-order valence-corrected chi connectivity index (χ3v) is 4.64. The smallest absolute Gasteiger partial charge is 0.122 e. The predicted molar refractivity (Wildman–Crippen MR) is 77.2 cm³/mol. The van der Waals surface area contributed by atoms with Gasteiger partial charge in [-0.25, -0.2) is 4.98 Å². The lowest BCUT2D eigenvalue weighted by molar-refractivity contribution is 0.0758. The molecular formula is C14H24N2O2S. The molecule has 0 aliphatic carbocycles. The maximum Gasteiger partial charge on any atom is 0.122 e. The van der Waals surface area contributed by atoms with Crippen LogP contribution in [0.4, 0.5) is 0 Å². The first-order valence-corrected chi connectivity index (χ1v) is 8.00. The summed E-state index contributed by atoms with van der Waals surface area (Å²) in [5, 5.41) is 12.4. The number of likely N-dealkylation sites (tertiary alicyclic amines) is 1. The van der Waals surface area contributed by atoms with Crippen molar-refractivity contribution >= 4 is 11.3 Å². The molecule has 1 aliphatic rings. The molecule has 2 atom stereocenters. The molecule has 1 aromatic rings. The van der Waals surface area contributed by atoms with Gasteiger partial charge >= 0.3 is 0 Å². The van der Waals surface area contributed by atoms with Crippen LogP contribution in [0.5, 0.6) is 0 Å². The molecule has 0 spiro atoms. The number of aliphatic hydroxyl groups excluding tert-OH is 1. The van der Waals surface area contributed by atoms with E-state index in [1.54, 1.807) is 11.3 Å². The van der Waals surface area contributed by atoms with E-state index >= 15 is 0 Å². The zero-order valence-electron chi connectivity index (χ0n) is 11.8. The summed E-state index contributed by atoms with van der Waals surface area (Å²) in [7, 11) is 0. The predicted octanol–water partition coefficient (Wildman–Crippen LogP) is 2.44. The molecule has 19 heavy (non-hydrogen) atoms. The van der Waals surface area contributed by atoms with Crippen LogP contribution >= 0.6 is 11.3 Å². The van der Waals surface area contributed by atoms with Gasteiger partial charge < -0.3 is 9.84 Å². The van der Waals surface area contributed by atoms with Gasteiger partial charge in [0.05, 0.1) is 5.69 Å². The van der Waals surface area contributed by atoms with E-state index < -0.39 is 0 Å². The van der Waals surface area contributed by atoms with Gasteiger partial charge in [-0.15, -0.1) is 11.3 Å². The molecule has 2 unspecified atom stereocenters. The second-order valence-corrected chi connectivity index (χ2v) is 6.09. The number of thiazole rings is 1. The summed E-state index contributed by atoms with van der Waals surface area (Å²) in [5.74, 6) is 0.439. The minimum absolute atomic E-state index is 0.0929. The van der Waals surface area contributed by atoms with Crippen molar-refractivity contribution in [3.63, 3.8) is 0 Å². The molecular weight excluding hydrogens is 260 g/mol. The number of nitrogens with zero attached hydrogens (tertiary/aromatic N) is 2. The molecule has 1 fully saturated rings. The Labute approximate surface area is 119 Å². The standard InChI is InChI=1S/C14H24N2O2S/c1-3-18-11(2)14-15-13(10-19-14)8-16-6-4-5-12(7-16)9-17/h10-12,17H,3-9H2,1-2H3. The highest BCUT2D eigenvalue weighted by atomic mass is 32.1. The number of rotatable bonds is 6. The maximum absolute atomic E-state index is 9.25. The molecule has 5 heteroatoms. The van der Waals surface area contributed by atoms with Gasteiger partial charge in [0.25, 0.3) is 0 Å². The lowest BCUT2D eigenvalue weighted by Gasteiger charge is -2.31.